The van der Waals surface area contributed by atoms with Crippen LogP contribution in [0.1, 0.15) is 12.0 Å². The summed E-state index contributed by atoms with van der Waals surface area (Å²) in [6.45, 7) is 0.0246. The highest BCUT2D eigenvalue weighted by Gasteiger charge is 2.48. The Bertz CT molecular complexity index is 581. The molecule has 3 rings (SSSR count). The Morgan fingerprint density at radius 1 is 1.21 bits per heavy atom. The Balaban J connectivity index is 2.12. The number of aliphatic hydroxyl groups is 1. The summed E-state index contributed by atoms with van der Waals surface area (Å²) >= 11 is 0. The minimum Gasteiger partial charge on any atom is -0.396 e. The Labute approximate surface area is 112 Å². The minimum absolute atomic E-state index is 0.0246. The van der Waals surface area contributed by atoms with E-state index in [1.807, 2.05) is 42.5 Å². The number of aliphatic hydroxyl groups excluding tert-OH is 1. The number of allylic oxidation sites excluding steroid dienone is 6. The molecular weight excluding hydrogens is 236 g/mol. The van der Waals surface area contributed by atoms with Gasteiger partial charge in [-0.05, 0) is 23.6 Å². The van der Waals surface area contributed by atoms with Crippen LogP contribution in [-0.2, 0) is 4.79 Å². The molecule has 19 heavy (non-hydrogen) atoms. The van der Waals surface area contributed by atoms with E-state index in [4.69, 9.17) is 0 Å². The third-order valence-electron chi connectivity index (χ3n) is 4.13. The third-order valence-corrected chi connectivity index (χ3v) is 4.13. The molecule has 2 nitrogen and oxygen atoms in total. The Kier molecular flexibility index (Phi) is 2.96. The van der Waals surface area contributed by atoms with Gasteiger partial charge in [0.1, 0.15) is 0 Å². The molecule has 0 bridgehead atoms. The van der Waals surface area contributed by atoms with Crippen molar-refractivity contribution in [3.63, 3.8) is 0 Å². The van der Waals surface area contributed by atoms with Crippen LogP contribution < -0.4 is 0 Å². The van der Waals surface area contributed by atoms with E-state index in [0.717, 1.165) is 17.6 Å². The van der Waals surface area contributed by atoms with E-state index in [0.29, 0.717) is 0 Å². The van der Waals surface area contributed by atoms with E-state index in [2.05, 4.69) is 6.08 Å². The van der Waals surface area contributed by atoms with Gasteiger partial charge in [-0.3, -0.25) is 4.79 Å². The summed E-state index contributed by atoms with van der Waals surface area (Å²) in [7, 11) is 0. The minimum atomic E-state index is -0.676. The first kappa shape index (κ1) is 12.1. The maximum atomic E-state index is 12.5. The van der Waals surface area contributed by atoms with Gasteiger partial charge in [0.2, 0.25) is 0 Å². The summed E-state index contributed by atoms with van der Waals surface area (Å²) in [5.74, 6) is 0.0121. The van der Waals surface area contributed by atoms with Crippen molar-refractivity contribution in [3.8, 4) is 0 Å². The topological polar surface area (TPSA) is 37.3 Å². The number of hydrogen-bond donors (Lipinski definition) is 1. The smallest absolute Gasteiger partial charge is 0.170 e. The molecule has 0 radical (unpaired) electrons. The Morgan fingerprint density at radius 2 is 2.00 bits per heavy atom. The van der Waals surface area contributed by atoms with E-state index < -0.39 is 5.41 Å². The van der Waals surface area contributed by atoms with Crippen LogP contribution in [0.25, 0.3) is 5.57 Å². The molecule has 0 saturated carbocycles. The van der Waals surface area contributed by atoms with Crippen LogP contribution in [0, 0.1) is 11.3 Å². The molecule has 0 saturated heterocycles. The lowest BCUT2D eigenvalue weighted by atomic mass is 9.67. The van der Waals surface area contributed by atoms with Gasteiger partial charge in [-0.15, -0.1) is 0 Å². The van der Waals surface area contributed by atoms with Crippen molar-refractivity contribution in [1.29, 1.82) is 0 Å². The number of carbonyl (C=O) groups excluding carboxylic acids is 1. The number of rotatable bonds is 2. The summed E-state index contributed by atoms with van der Waals surface area (Å²) < 4.78 is 0. The second kappa shape index (κ2) is 4.63. The van der Waals surface area contributed by atoms with E-state index in [9.17, 15) is 9.90 Å². The van der Waals surface area contributed by atoms with Crippen molar-refractivity contribution in [2.45, 2.75) is 6.42 Å². The Hall–Kier alpha value is -1.93. The first-order valence-corrected chi connectivity index (χ1v) is 6.56. The van der Waals surface area contributed by atoms with Crippen molar-refractivity contribution in [1.82, 2.24) is 0 Å². The average Bonchev–Trinajstić information content (AvgIpc) is 2.82. The highest BCUT2D eigenvalue weighted by Crippen LogP contribution is 2.51. The van der Waals surface area contributed by atoms with Crippen molar-refractivity contribution < 1.29 is 9.90 Å². The summed E-state index contributed by atoms with van der Waals surface area (Å²) in [5, 5.41) is 9.62. The van der Waals surface area contributed by atoms with Gasteiger partial charge in [0.15, 0.2) is 5.78 Å². The van der Waals surface area contributed by atoms with Gasteiger partial charge >= 0.3 is 0 Å². The molecule has 1 aromatic rings. The molecule has 1 aromatic carbocycles. The van der Waals surface area contributed by atoms with Crippen LogP contribution in [-0.4, -0.2) is 17.5 Å². The molecule has 2 aliphatic carbocycles. The van der Waals surface area contributed by atoms with E-state index in [-0.39, 0.29) is 18.3 Å². The highest BCUT2D eigenvalue weighted by atomic mass is 16.3. The molecule has 96 valence electrons. The number of carbonyl (C=O) groups is 1. The Morgan fingerprint density at radius 3 is 2.68 bits per heavy atom. The largest absolute Gasteiger partial charge is 0.396 e. The fourth-order valence-electron chi connectivity index (χ4n) is 3.16. The number of benzene rings is 1. The van der Waals surface area contributed by atoms with Gasteiger partial charge in [0, 0.05) is 12.5 Å². The molecule has 0 amide bonds. The molecule has 1 spiro atoms. The standard InChI is InChI=1S/C17H16O2/c18-12-14-9-10-15(13-6-2-1-3-7-13)17(14)11-5-4-8-16(17)19/h1-8,10-11,14,18H,9,12H2/t14-,17+/m1/s1. The van der Waals surface area contributed by atoms with Crippen LogP contribution in [0.5, 0.6) is 0 Å². The molecule has 0 aromatic heterocycles. The van der Waals surface area contributed by atoms with E-state index >= 15 is 0 Å². The second-order valence-electron chi connectivity index (χ2n) is 5.05. The zero-order chi connectivity index (χ0) is 13.3. The molecule has 0 fully saturated rings. The molecule has 0 heterocycles. The molecule has 1 N–H and O–H groups in total. The predicted molar refractivity (Wildman–Crippen MR) is 75.3 cm³/mol. The first-order valence-electron chi connectivity index (χ1n) is 6.56. The van der Waals surface area contributed by atoms with Gasteiger partial charge in [-0.25, -0.2) is 0 Å². The van der Waals surface area contributed by atoms with Crippen molar-refractivity contribution in [2.24, 2.45) is 11.3 Å². The maximum Gasteiger partial charge on any atom is 0.170 e. The highest BCUT2D eigenvalue weighted by molar-refractivity contribution is 6.08. The van der Waals surface area contributed by atoms with Gasteiger partial charge < -0.3 is 5.11 Å². The summed E-state index contributed by atoms with van der Waals surface area (Å²) in [5.41, 5.74) is 1.41. The third kappa shape index (κ3) is 1.71. The van der Waals surface area contributed by atoms with E-state index in [1.165, 1.54) is 0 Å². The van der Waals surface area contributed by atoms with Crippen molar-refractivity contribution >= 4 is 11.4 Å². The van der Waals surface area contributed by atoms with Gasteiger partial charge in [0.25, 0.3) is 0 Å². The fourth-order valence-corrected chi connectivity index (χ4v) is 3.16. The summed E-state index contributed by atoms with van der Waals surface area (Å²) in [6.07, 6.45) is 10.1. The van der Waals surface area contributed by atoms with Gasteiger partial charge in [-0.2, -0.15) is 0 Å². The zero-order valence-electron chi connectivity index (χ0n) is 10.6. The lowest BCUT2D eigenvalue weighted by Crippen LogP contribution is -2.37. The molecule has 2 heteroatoms. The molecule has 0 aliphatic heterocycles. The van der Waals surface area contributed by atoms with Crippen LogP contribution in [0.4, 0.5) is 0 Å². The normalized spacial score (nSPS) is 29.0. The fraction of sp³-hybridized carbons (Fsp3) is 0.235. The molecule has 2 aliphatic rings. The van der Waals surface area contributed by atoms with Crippen LogP contribution in [0.3, 0.4) is 0 Å². The average molecular weight is 252 g/mol. The zero-order valence-corrected chi connectivity index (χ0v) is 10.6. The molecule has 2 atom stereocenters. The SMILES string of the molecule is O=C1C=CC=C[C@]12C(c1ccccc1)=CC[C@@H]2CO. The molecule has 0 unspecified atom stereocenters. The quantitative estimate of drug-likeness (QED) is 0.878. The maximum absolute atomic E-state index is 12.5. The number of hydrogen-bond acceptors (Lipinski definition) is 2. The summed E-state index contributed by atoms with van der Waals surface area (Å²) in [6, 6.07) is 9.96. The van der Waals surface area contributed by atoms with Crippen LogP contribution >= 0.6 is 0 Å². The lowest BCUT2D eigenvalue weighted by Gasteiger charge is -2.34. The first-order chi connectivity index (χ1) is 9.29. The van der Waals surface area contributed by atoms with Gasteiger partial charge in [0.05, 0.1) is 5.41 Å². The summed E-state index contributed by atoms with van der Waals surface area (Å²) in [4.78, 5) is 12.5. The van der Waals surface area contributed by atoms with Gasteiger partial charge in [-0.1, -0.05) is 54.6 Å². The molecular formula is C17H16O2. The van der Waals surface area contributed by atoms with Crippen molar-refractivity contribution in [3.05, 3.63) is 66.3 Å². The van der Waals surface area contributed by atoms with Crippen LogP contribution in [0.2, 0.25) is 0 Å². The number of ketones is 1. The van der Waals surface area contributed by atoms with Crippen LogP contribution in [0.15, 0.2) is 60.7 Å². The van der Waals surface area contributed by atoms with Crippen molar-refractivity contribution in [2.75, 3.05) is 6.61 Å². The second-order valence-corrected chi connectivity index (χ2v) is 5.05. The monoisotopic (exact) mass is 252 g/mol. The van der Waals surface area contributed by atoms with E-state index in [1.54, 1.807) is 12.2 Å². The predicted octanol–water partition coefficient (Wildman–Crippen LogP) is 2.76. The lowest BCUT2D eigenvalue weighted by molar-refractivity contribution is -0.121.